The fraction of sp³-hybridized carbons (Fsp3) is 0.364. The summed E-state index contributed by atoms with van der Waals surface area (Å²) in [5, 5.41) is 3.06. The molecule has 2 saturated heterocycles. The van der Waals surface area contributed by atoms with E-state index in [9.17, 15) is 22.8 Å². The van der Waals surface area contributed by atoms with Gasteiger partial charge in [-0.1, -0.05) is 54.1 Å². The Labute approximate surface area is 279 Å². The molecule has 5 rings (SSSR count). The van der Waals surface area contributed by atoms with Gasteiger partial charge in [0.05, 0.1) is 20.8 Å². The number of hydrogen-bond donors (Lipinski definition) is 1. The number of rotatable bonds is 10. The lowest BCUT2D eigenvalue weighted by atomic mass is 9.96. The maximum atomic E-state index is 14.6. The van der Waals surface area contributed by atoms with E-state index in [1.54, 1.807) is 59.5 Å². The Bertz CT molecular complexity index is 1720. The summed E-state index contributed by atoms with van der Waals surface area (Å²) in [5.41, 5.74) is 1.44. The molecule has 2 aliphatic heterocycles. The predicted molar refractivity (Wildman–Crippen MR) is 173 cm³/mol. The molecule has 2 aliphatic rings. The van der Waals surface area contributed by atoms with Crippen LogP contribution in [0.15, 0.2) is 77.7 Å². The number of ether oxygens (including phenoxy) is 3. The summed E-state index contributed by atoms with van der Waals surface area (Å²) in [7, 11) is -1.68. The molecule has 47 heavy (non-hydrogen) atoms. The zero-order valence-electron chi connectivity index (χ0n) is 26.5. The van der Waals surface area contributed by atoms with Crippen LogP contribution < -0.4 is 14.8 Å². The normalized spacial score (nSPS) is 20.2. The van der Waals surface area contributed by atoms with Crippen molar-refractivity contribution in [3.05, 3.63) is 88.9 Å². The van der Waals surface area contributed by atoms with Crippen LogP contribution in [0.5, 0.6) is 11.5 Å². The molecule has 0 aromatic heterocycles. The summed E-state index contributed by atoms with van der Waals surface area (Å²) in [6, 6.07) is 17.5. The van der Waals surface area contributed by atoms with E-state index in [2.05, 4.69) is 5.32 Å². The van der Waals surface area contributed by atoms with E-state index in [0.29, 0.717) is 10.6 Å². The van der Waals surface area contributed by atoms with Gasteiger partial charge in [0, 0.05) is 30.1 Å². The molecule has 250 valence electrons. The maximum absolute atomic E-state index is 14.6. The number of nitrogens with one attached hydrogen (secondary N) is 1. The molecule has 3 aromatic rings. The third-order valence-corrected chi connectivity index (χ3v) is 10.4. The summed E-state index contributed by atoms with van der Waals surface area (Å²) < 4.78 is 46.4. The number of amides is 3. The summed E-state index contributed by atoms with van der Waals surface area (Å²) >= 11 is 6.10. The van der Waals surface area contributed by atoms with E-state index in [1.165, 1.54) is 31.3 Å². The van der Waals surface area contributed by atoms with E-state index >= 15 is 0 Å². The Kier molecular flexibility index (Phi) is 10.3. The number of carbonyl (C=O) groups is 3. The maximum Gasteiger partial charge on any atom is 0.408 e. The highest BCUT2D eigenvalue weighted by molar-refractivity contribution is 7.89. The van der Waals surface area contributed by atoms with Gasteiger partial charge < -0.3 is 29.3 Å². The average Bonchev–Trinajstić information content (AvgIpc) is 3.06. The second-order valence-corrected chi connectivity index (χ2v) is 13.8. The molecule has 2 heterocycles. The molecule has 0 aliphatic carbocycles. The van der Waals surface area contributed by atoms with Crippen molar-refractivity contribution in [3.8, 4) is 11.5 Å². The van der Waals surface area contributed by atoms with E-state index in [4.69, 9.17) is 25.8 Å². The smallest absolute Gasteiger partial charge is 0.408 e. The lowest BCUT2D eigenvalue weighted by molar-refractivity contribution is -0.168. The van der Waals surface area contributed by atoms with Gasteiger partial charge in [0.1, 0.15) is 41.3 Å². The van der Waals surface area contributed by atoms with Crippen molar-refractivity contribution in [3.63, 3.8) is 0 Å². The molecule has 3 aromatic carbocycles. The molecule has 0 saturated carbocycles. The topological polar surface area (TPSA) is 135 Å². The van der Waals surface area contributed by atoms with Gasteiger partial charge in [-0.2, -0.15) is 4.31 Å². The Balaban J connectivity index is 1.57. The Morgan fingerprint density at radius 3 is 2.28 bits per heavy atom. The third kappa shape index (κ3) is 7.16. The molecule has 12 nitrogen and oxygen atoms in total. The van der Waals surface area contributed by atoms with Gasteiger partial charge in [-0.25, -0.2) is 13.2 Å². The van der Waals surface area contributed by atoms with Crippen molar-refractivity contribution in [2.75, 3.05) is 27.3 Å². The largest absolute Gasteiger partial charge is 0.497 e. The minimum absolute atomic E-state index is 0.0614. The molecule has 14 heteroatoms. The van der Waals surface area contributed by atoms with E-state index in [0.717, 1.165) is 9.87 Å². The molecule has 2 fully saturated rings. The first kappa shape index (κ1) is 34.0. The van der Waals surface area contributed by atoms with Crippen LogP contribution in [-0.4, -0.2) is 92.0 Å². The lowest BCUT2D eigenvalue weighted by Crippen LogP contribution is -2.76. The molecule has 0 bridgehead atoms. The van der Waals surface area contributed by atoms with Gasteiger partial charge in [-0.15, -0.1) is 0 Å². The molecule has 3 atom stereocenters. The van der Waals surface area contributed by atoms with E-state index in [-0.39, 0.29) is 47.9 Å². The quantitative estimate of drug-likeness (QED) is 0.342. The predicted octanol–water partition coefficient (Wildman–Crippen LogP) is 3.67. The SMILES string of the molecule is COc1ccc(OC)c(S(=O)(=O)N2CC(NC(=O)OCc3ccccc3)C(=O)N3C(Cc4ccc(Cl)cc4)C(=O)N(C(C)C)CC32)c1. The fourth-order valence-electron chi connectivity index (χ4n) is 5.84. The molecular weight excluding hydrogens is 648 g/mol. The first-order valence-electron chi connectivity index (χ1n) is 15.0. The number of sulfonamides is 1. The molecule has 3 unspecified atom stereocenters. The van der Waals surface area contributed by atoms with Gasteiger partial charge >= 0.3 is 6.09 Å². The fourth-order valence-corrected chi connectivity index (χ4v) is 7.72. The van der Waals surface area contributed by atoms with Crippen LogP contribution in [0.2, 0.25) is 5.02 Å². The first-order chi connectivity index (χ1) is 22.4. The van der Waals surface area contributed by atoms with Gasteiger partial charge in [-0.3, -0.25) is 9.59 Å². The van der Waals surface area contributed by atoms with E-state index < -0.39 is 46.8 Å². The van der Waals surface area contributed by atoms with Crippen LogP contribution >= 0.6 is 11.6 Å². The van der Waals surface area contributed by atoms with E-state index in [1.807, 2.05) is 19.9 Å². The number of methoxy groups -OCH3 is 2. The minimum Gasteiger partial charge on any atom is -0.497 e. The Morgan fingerprint density at radius 2 is 1.64 bits per heavy atom. The van der Waals surface area contributed by atoms with Crippen molar-refractivity contribution in [1.82, 2.24) is 19.4 Å². The second-order valence-electron chi connectivity index (χ2n) is 11.5. The highest BCUT2D eigenvalue weighted by Gasteiger charge is 2.54. The number of fused-ring (bicyclic) bond motifs is 1. The Morgan fingerprint density at radius 1 is 0.936 bits per heavy atom. The standard InChI is InChI=1S/C33H37ClN4O8S/c1-21(2)36-19-30-37(47(42,43)29-17-25(44-3)14-15-28(29)45-4)18-26(35-33(41)46-20-23-8-6-5-7-9-23)31(39)38(30)27(32(36)40)16-22-10-12-24(34)13-11-22/h5-15,17,21,26-27,30H,16,18-20H2,1-4H3,(H,35,41). The van der Waals surface area contributed by atoms with Crippen LogP contribution in [0.25, 0.3) is 0 Å². The summed E-state index contributed by atoms with van der Waals surface area (Å²) in [4.78, 5) is 44.0. The molecule has 0 radical (unpaired) electrons. The third-order valence-electron chi connectivity index (χ3n) is 8.26. The van der Waals surface area contributed by atoms with Crippen LogP contribution in [0, 0.1) is 0 Å². The number of benzene rings is 3. The van der Waals surface area contributed by atoms with Gasteiger partial charge in [0.25, 0.3) is 0 Å². The van der Waals surface area contributed by atoms with Gasteiger partial charge in [-0.05, 0) is 49.2 Å². The zero-order chi connectivity index (χ0) is 33.9. The molecule has 1 N–H and O–H groups in total. The van der Waals surface area contributed by atoms with Crippen molar-refractivity contribution in [1.29, 1.82) is 0 Å². The number of piperazine rings is 1. The van der Waals surface area contributed by atoms with Crippen LogP contribution in [0.1, 0.15) is 25.0 Å². The number of carbonyl (C=O) groups excluding carboxylic acids is 3. The summed E-state index contributed by atoms with van der Waals surface area (Å²) in [5.74, 6) is -0.613. The number of halogens is 1. The molecule has 0 spiro atoms. The monoisotopic (exact) mass is 684 g/mol. The average molecular weight is 685 g/mol. The van der Waals surface area contributed by atoms with Crippen LogP contribution in [-0.2, 0) is 37.4 Å². The van der Waals surface area contributed by atoms with Crippen LogP contribution in [0.3, 0.4) is 0 Å². The van der Waals surface area contributed by atoms with Gasteiger partial charge in [0.15, 0.2) is 0 Å². The Hall–Kier alpha value is -4.33. The van der Waals surface area contributed by atoms with Crippen molar-refractivity contribution in [2.45, 2.75) is 56.1 Å². The number of hydrogen-bond acceptors (Lipinski definition) is 8. The zero-order valence-corrected chi connectivity index (χ0v) is 28.0. The second kappa shape index (κ2) is 14.2. The lowest BCUT2D eigenvalue weighted by Gasteiger charge is -2.54. The first-order valence-corrected chi connectivity index (χ1v) is 16.8. The summed E-state index contributed by atoms with van der Waals surface area (Å²) in [6.07, 6.45) is -1.93. The highest BCUT2D eigenvalue weighted by Crippen LogP contribution is 2.36. The highest BCUT2D eigenvalue weighted by atomic mass is 35.5. The van der Waals surface area contributed by atoms with Gasteiger partial charge in [0.2, 0.25) is 21.8 Å². The molecule has 3 amide bonds. The summed E-state index contributed by atoms with van der Waals surface area (Å²) in [6.45, 7) is 3.08. The van der Waals surface area contributed by atoms with Crippen molar-refractivity contribution >= 4 is 39.5 Å². The minimum atomic E-state index is -4.44. The number of nitrogens with zero attached hydrogens (tertiary/aromatic N) is 3. The number of alkyl carbamates (subject to hydrolysis) is 1. The van der Waals surface area contributed by atoms with Crippen molar-refractivity contribution in [2.24, 2.45) is 0 Å². The molecular formula is C33H37ClN4O8S. The van der Waals surface area contributed by atoms with Crippen LogP contribution in [0.4, 0.5) is 4.79 Å². The van der Waals surface area contributed by atoms with Crippen molar-refractivity contribution < 1.29 is 37.0 Å².